The van der Waals surface area contributed by atoms with Gasteiger partial charge in [0.2, 0.25) is 0 Å². The highest BCUT2D eigenvalue weighted by molar-refractivity contribution is 7.92. The molecule has 0 aliphatic heterocycles. The van der Waals surface area contributed by atoms with Crippen LogP contribution in [-0.2, 0) is 16.3 Å². The second kappa shape index (κ2) is 7.23. The molecule has 0 aliphatic carbocycles. The van der Waals surface area contributed by atoms with Gasteiger partial charge in [0.15, 0.2) is 9.84 Å². The van der Waals surface area contributed by atoms with Crippen LogP contribution in [0.15, 0.2) is 77.7 Å². The summed E-state index contributed by atoms with van der Waals surface area (Å²) in [5.41, 5.74) is 1.16. The Labute approximate surface area is 127 Å². The molecule has 0 spiro atoms. The molecule has 0 aromatic heterocycles. The van der Waals surface area contributed by atoms with Crippen molar-refractivity contribution in [2.24, 2.45) is 0 Å². The Morgan fingerprint density at radius 1 is 0.952 bits per heavy atom. The topological polar surface area (TPSA) is 34.1 Å². The van der Waals surface area contributed by atoms with Gasteiger partial charge in [0, 0.05) is 0 Å². The maximum Gasteiger partial charge on any atom is 0.184 e. The first-order chi connectivity index (χ1) is 10.1. The van der Waals surface area contributed by atoms with Gasteiger partial charge in [-0.15, -0.1) is 0 Å². The van der Waals surface area contributed by atoms with Crippen LogP contribution in [0, 0.1) is 0 Å². The minimum absolute atomic E-state index is 0.390. The summed E-state index contributed by atoms with van der Waals surface area (Å²) in [5, 5.41) is -0.481. The van der Waals surface area contributed by atoms with Crippen molar-refractivity contribution >= 4 is 9.84 Å². The van der Waals surface area contributed by atoms with Crippen LogP contribution in [0.2, 0.25) is 0 Å². The lowest BCUT2D eigenvalue weighted by Gasteiger charge is -2.14. The Bertz CT molecular complexity index is 674. The van der Waals surface area contributed by atoms with Crippen LogP contribution in [0.3, 0.4) is 0 Å². The SMILES string of the molecule is C/C=C/C(CCc1ccccc1)S(=O)(=O)c1ccccc1. The maximum atomic E-state index is 12.7. The normalized spacial score (nSPS) is 13.4. The third-order valence-electron chi connectivity index (χ3n) is 3.44. The summed E-state index contributed by atoms with van der Waals surface area (Å²) in [6, 6.07) is 18.7. The lowest BCUT2D eigenvalue weighted by molar-refractivity contribution is 0.583. The largest absolute Gasteiger partial charge is 0.223 e. The average Bonchev–Trinajstić information content (AvgIpc) is 2.53. The molecular weight excluding hydrogens is 280 g/mol. The molecule has 0 aliphatic rings. The van der Waals surface area contributed by atoms with Crippen molar-refractivity contribution in [3.05, 3.63) is 78.4 Å². The fraction of sp³-hybridized carbons (Fsp3) is 0.222. The number of sulfone groups is 1. The number of allylic oxidation sites excluding steroid dienone is 1. The number of aryl methyl sites for hydroxylation is 1. The highest BCUT2D eigenvalue weighted by atomic mass is 32.2. The van der Waals surface area contributed by atoms with Gasteiger partial charge < -0.3 is 0 Å². The van der Waals surface area contributed by atoms with Crippen LogP contribution in [0.25, 0.3) is 0 Å². The second-order valence-corrected chi connectivity index (χ2v) is 7.11. The Morgan fingerprint density at radius 2 is 1.52 bits per heavy atom. The first-order valence-electron chi connectivity index (χ1n) is 7.10. The van der Waals surface area contributed by atoms with Crippen LogP contribution < -0.4 is 0 Å². The number of hydrogen-bond donors (Lipinski definition) is 0. The predicted molar refractivity (Wildman–Crippen MR) is 87.0 cm³/mol. The van der Waals surface area contributed by atoms with Crippen molar-refractivity contribution in [2.75, 3.05) is 0 Å². The molecule has 1 atom stereocenters. The summed E-state index contributed by atoms with van der Waals surface area (Å²) >= 11 is 0. The smallest absolute Gasteiger partial charge is 0.184 e. The first-order valence-corrected chi connectivity index (χ1v) is 8.65. The summed E-state index contributed by atoms with van der Waals surface area (Å²) in [6.07, 6.45) is 4.94. The van der Waals surface area contributed by atoms with Crippen molar-refractivity contribution in [2.45, 2.75) is 29.9 Å². The summed E-state index contributed by atoms with van der Waals surface area (Å²) in [7, 11) is -3.32. The lowest BCUT2D eigenvalue weighted by atomic mass is 10.1. The number of rotatable bonds is 6. The Hall–Kier alpha value is -1.87. The van der Waals surface area contributed by atoms with Gasteiger partial charge in [0.1, 0.15) is 0 Å². The van der Waals surface area contributed by atoms with E-state index >= 15 is 0 Å². The number of benzene rings is 2. The van der Waals surface area contributed by atoms with E-state index in [0.717, 1.165) is 12.0 Å². The van der Waals surface area contributed by atoms with E-state index in [1.165, 1.54) is 0 Å². The van der Waals surface area contributed by atoms with Crippen LogP contribution in [-0.4, -0.2) is 13.7 Å². The lowest BCUT2D eigenvalue weighted by Crippen LogP contribution is -2.20. The second-order valence-electron chi connectivity index (χ2n) is 4.95. The predicted octanol–water partition coefficient (Wildman–Crippen LogP) is 4.04. The van der Waals surface area contributed by atoms with E-state index in [1.807, 2.05) is 49.4 Å². The molecule has 2 aromatic rings. The zero-order valence-electron chi connectivity index (χ0n) is 12.1. The van der Waals surface area contributed by atoms with Crippen LogP contribution in [0.4, 0.5) is 0 Å². The average molecular weight is 300 g/mol. The fourth-order valence-electron chi connectivity index (χ4n) is 2.31. The van der Waals surface area contributed by atoms with Gasteiger partial charge in [0.05, 0.1) is 10.1 Å². The van der Waals surface area contributed by atoms with E-state index < -0.39 is 15.1 Å². The molecule has 2 aromatic carbocycles. The van der Waals surface area contributed by atoms with Gasteiger partial charge in [-0.2, -0.15) is 0 Å². The molecule has 0 heterocycles. The molecule has 0 radical (unpaired) electrons. The van der Waals surface area contributed by atoms with Gasteiger partial charge in [-0.25, -0.2) is 8.42 Å². The van der Waals surface area contributed by atoms with Crippen molar-refractivity contribution in [1.29, 1.82) is 0 Å². The van der Waals surface area contributed by atoms with Gasteiger partial charge in [-0.1, -0.05) is 60.7 Å². The zero-order valence-corrected chi connectivity index (χ0v) is 13.0. The molecule has 0 bridgehead atoms. The molecule has 2 rings (SSSR count). The minimum Gasteiger partial charge on any atom is -0.223 e. The highest BCUT2D eigenvalue weighted by Crippen LogP contribution is 2.21. The van der Waals surface area contributed by atoms with E-state index in [-0.39, 0.29) is 0 Å². The van der Waals surface area contributed by atoms with Gasteiger partial charge in [-0.3, -0.25) is 0 Å². The van der Waals surface area contributed by atoms with Crippen molar-refractivity contribution in [3.8, 4) is 0 Å². The van der Waals surface area contributed by atoms with Gasteiger partial charge in [0.25, 0.3) is 0 Å². The molecule has 21 heavy (non-hydrogen) atoms. The zero-order chi connectivity index (χ0) is 15.1. The molecule has 0 fully saturated rings. The Balaban J connectivity index is 2.19. The standard InChI is InChI=1S/C18H20O2S/c1-2-9-17(15-14-16-10-5-3-6-11-16)21(19,20)18-12-7-4-8-13-18/h2-13,17H,14-15H2,1H3/b9-2+. The van der Waals surface area contributed by atoms with Gasteiger partial charge >= 0.3 is 0 Å². The van der Waals surface area contributed by atoms with Crippen LogP contribution >= 0.6 is 0 Å². The van der Waals surface area contributed by atoms with Crippen LogP contribution in [0.5, 0.6) is 0 Å². The molecule has 0 amide bonds. The molecule has 0 N–H and O–H groups in total. The molecule has 0 saturated carbocycles. The van der Waals surface area contributed by atoms with Crippen molar-refractivity contribution < 1.29 is 8.42 Å². The minimum atomic E-state index is -3.32. The summed E-state index contributed by atoms with van der Waals surface area (Å²) < 4.78 is 25.4. The van der Waals surface area contributed by atoms with E-state index in [0.29, 0.717) is 11.3 Å². The molecule has 1 unspecified atom stereocenters. The molecule has 0 saturated heterocycles. The van der Waals surface area contributed by atoms with Crippen LogP contribution in [0.1, 0.15) is 18.9 Å². The van der Waals surface area contributed by atoms with E-state index in [4.69, 9.17) is 0 Å². The first kappa shape index (κ1) is 15.5. The molecule has 2 nitrogen and oxygen atoms in total. The Morgan fingerprint density at radius 3 is 2.10 bits per heavy atom. The van der Waals surface area contributed by atoms with E-state index in [1.54, 1.807) is 30.3 Å². The fourth-order valence-corrected chi connectivity index (χ4v) is 3.99. The monoisotopic (exact) mass is 300 g/mol. The van der Waals surface area contributed by atoms with E-state index in [9.17, 15) is 8.42 Å². The van der Waals surface area contributed by atoms with Gasteiger partial charge in [-0.05, 0) is 37.5 Å². The molecular formula is C18H20O2S. The summed E-state index contributed by atoms with van der Waals surface area (Å²) in [4.78, 5) is 0.390. The molecule has 3 heteroatoms. The highest BCUT2D eigenvalue weighted by Gasteiger charge is 2.24. The molecule has 110 valence electrons. The Kier molecular flexibility index (Phi) is 5.34. The maximum absolute atomic E-state index is 12.7. The number of hydrogen-bond acceptors (Lipinski definition) is 2. The van der Waals surface area contributed by atoms with Crippen molar-refractivity contribution in [1.82, 2.24) is 0 Å². The summed E-state index contributed by atoms with van der Waals surface area (Å²) in [6.45, 7) is 1.86. The third kappa shape index (κ3) is 4.05. The summed E-state index contributed by atoms with van der Waals surface area (Å²) in [5.74, 6) is 0. The third-order valence-corrected chi connectivity index (χ3v) is 5.56. The van der Waals surface area contributed by atoms with E-state index in [2.05, 4.69) is 0 Å². The van der Waals surface area contributed by atoms with Crippen molar-refractivity contribution in [3.63, 3.8) is 0 Å². The quantitative estimate of drug-likeness (QED) is 0.755.